The molecular formula is C16H14O3. The van der Waals surface area contributed by atoms with Gasteiger partial charge in [-0.05, 0) is 25.0 Å². The molecule has 0 radical (unpaired) electrons. The molecule has 0 fully saturated rings. The minimum Gasteiger partial charge on any atom is -0.420 e. The molecule has 0 spiro atoms. The van der Waals surface area contributed by atoms with E-state index in [1.165, 1.54) is 0 Å². The summed E-state index contributed by atoms with van der Waals surface area (Å²) in [5, 5.41) is 0. The molecule has 0 aliphatic carbocycles. The fraction of sp³-hybridized carbons (Fsp3) is 0.125. The van der Waals surface area contributed by atoms with Gasteiger partial charge in [-0.2, -0.15) is 0 Å². The number of ether oxygens (including phenoxy) is 1. The fourth-order valence-electron chi connectivity index (χ4n) is 1.81. The van der Waals surface area contributed by atoms with Crippen LogP contribution in [0.2, 0.25) is 0 Å². The normalized spacial score (nSPS) is 10.0. The van der Waals surface area contributed by atoms with Gasteiger partial charge in [0, 0.05) is 5.56 Å². The molecule has 0 aliphatic heterocycles. The first-order valence-corrected chi connectivity index (χ1v) is 5.97. The molecule has 2 aromatic carbocycles. The van der Waals surface area contributed by atoms with Crippen LogP contribution in [0.1, 0.15) is 21.5 Å². The summed E-state index contributed by atoms with van der Waals surface area (Å²) in [6, 6.07) is 13.9. The predicted molar refractivity (Wildman–Crippen MR) is 72.3 cm³/mol. The van der Waals surface area contributed by atoms with E-state index in [9.17, 15) is 9.59 Å². The van der Waals surface area contributed by atoms with Gasteiger partial charge >= 0.3 is 5.97 Å². The molecule has 3 nitrogen and oxygen atoms in total. The zero-order valence-electron chi connectivity index (χ0n) is 10.8. The van der Waals surface area contributed by atoms with E-state index in [1.807, 2.05) is 32.0 Å². The highest BCUT2D eigenvalue weighted by molar-refractivity contribution is 6.41. The molecule has 0 amide bonds. The van der Waals surface area contributed by atoms with Crippen molar-refractivity contribution in [2.75, 3.05) is 0 Å². The van der Waals surface area contributed by atoms with Crippen molar-refractivity contribution in [1.82, 2.24) is 0 Å². The summed E-state index contributed by atoms with van der Waals surface area (Å²) in [6.45, 7) is 3.67. The maximum Gasteiger partial charge on any atom is 0.385 e. The van der Waals surface area contributed by atoms with Gasteiger partial charge in [-0.25, -0.2) is 4.79 Å². The number of para-hydroxylation sites is 1. The van der Waals surface area contributed by atoms with Crippen molar-refractivity contribution >= 4 is 11.8 Å². The summed E-state index contributed by atoms with van der Waals surface area (Å²) in [4.78, 5) is 23.7. The second-order valence-corrected chi connectivity index (χ2v) is 4.31. The van der Waals surface area contributed by atoms with Crippen molar-refractivity contribution in [3.8, 4) is 5.75 Å². The lowest BCUT2D eigenvalue weighted by atomic mass is 10.1. The van der Waals surface area contributed by atoms with Crippen molar-refractivity contribution in [2.24, 2.45) is 0 Å². The first kappa shape index (κ1) is 13.0. The predicted octanol–water partition coefficient (Wildman–Crippen LogP) is 3.09. The monoisotopic (exact) mass is 254 g/mol. The Hall–Kier alpha value is -2.42. The van der Waals surface area contributed by atoms with E-state index in [2.05, 4.69) is 0 Å². The summed E-state index contributed by atoms with van der Waals surface area (Å²) in [5.41, 5.74) is 1.99. The molecule has 0 saturated carbocycles. The van der Waals surface area contributed by atoms with Gasteiger partial charge in [-0.1, -0.05) is 48.5 Å². The van der Waals surface area contributed by atoms with E-state index in [-0.39, 0.29) is 0 Å². The Morgan fingerprint density at radius 1 is 0.842 bits per heavy atom. The van der Waals surface area contributed by atoms with Crippen LogP contribution in [0.3, 0.4) is 0 Å². The van der Waals surface area contributed by atoms with Crippen molar-refractivity contribution in [3.05, 3.63) is 65.2 Å². The average Bonchev–Trinajstić information content (AvgIpc) is 2.43. The summed E-state index contributed by atoms with van der Waals surface area (Å²) in [6.07, 6.45) is 0. The van der Waals surface area contributed by atoms with Crippen LogP contribution in [-0.4, -0.2) is 11.8 Å². The number of carbonyl (C=O) groups excluding carboxylic acids is 2. The first-order chi connectivity index (χ1) is 9.09. The Labute approximate surface area is 111 Å². The lowest BCUT2D eigenvalue weighted by molar-refractivity contribution is -0.129. The lowest BCUT2D eigenvalue weighted by Gasteiger charge is -2.09. The van der Waals surface area contributed by atoms with Crippen LogP contribution < -0.4 is 4.74 Å². The van der Waals surface area contributed by atoms with E-state index < -0.39 is 11.8 Å². The molecule has 2 aromatic rings. The highest BCUT2D eigenvalue weighted by atomic mass is 16.5. The third-order valence-electron chi connectivity index (χ3n) is 2.82. The summed E-state index contributed by atoms with van der Waals surface area (Å²) in [7, 11) is 0. The number of hydrogen-bond acceptors (Lipinski definition) is 3. The summed E-state index contributed by atoms with van der Waals surface area (Å²) < 4.78 is 5.20. The van der Waals surface area contributed by atoms with Gasteiger partial charge in [0.1, 0.15) is 5.75 Å². The smallest absolute Gasteiger partial charge is 0.385 e. The van der Waals surface area contributed by atoms with Gasteiger partial charge in [0.05, 0.1) is 0 Å². The molecule has 0 aliphatic rings. The van der Waals surface area contributed by atoms with Gasteiger partial charge < -0.3 is 4.74 Å². The van der Waals surface area contributed by atoms with Gasteiger partial charge in [-0.15, -0.1) is 0 Å². The first-order valence-electron chi connectivity index (χ1n) is 5.97. The Bertz CT molecular complexity index is 595. The molecule has 0 atom stereocenters. The molecule has 96 valence electrons. The zero-order chi connectivity index (χ0) is 13.8. The maximum atomic E-state index is 11.9. The standard InChI is InChI=1S/C16H14O3/c1-11-7-6-8-12(2)15(11)19-16(18)14(17)13-9-4-3-5-10-13/h3-10H,1-2H3. The third-order valence-corrected chi connectivity index (χ3v) is 2.82. The van der Waals surface area contributed by atoms with Crippen LogP contribution in [0.4, 0.5) is 0 Å². The van der Waals surface area contributed by atoms with Crippen molar-refractivity contribution in [2.45, 2.75) is 13.8 Å². The molecule has 0 bridgehead atoms. The van der Waals surface area contributed by atoms with Crippen LogP contribution in [0.5, 0.6) is 5.75 Å². The number of hydrogen-bond donors (Lipinski definition) is 0. The van der Waals surface area contributed by atoms with Crippen molar-refractivity contribution in [1.29, 1.82) is 0 Å². The number of aryl methyl sites for hydroxylation is 2. The number of ketones is 1. The molecule has 0 saturated heterocycles. The third kappa shape index (κ3) is 2.88. The second kappa shape index (κ2) is 5.48. The van der Waals surface area contributed by atoms with Crippen LogP contribution in [0, 0.1) is 13.8 Å². The number of rotatable bonds is 3. The molecular weight excluding hydrogens is 240 g/mol. The summed E-state index contributed by atoms with van der Waals surface area (Å²) >= 11 is 0. The lowest BCUT2D eigenvalue weighted by Crippen LogP contribution is -2.21. The average molecular weight is 254 g/mol. The number of esters is 1. The van der Waals surface area contributed by atoms with Gasteiger partial charge in [0.2, 0.25) is 0 Å². The van der Waals surface area contributed by atoms with Crippen molar-refractivity contribution in [3.63, 3.8) is 0 Å². The molecule has 0 heterocycles. The largest absolute Gasteiger partial charge is 0.420 e. The molecule has 2 rings (SSSR count). The van der Waals surface area contributed by atoms with Gasteiger partial charge in [0.25, 0.3) is 5.78 Å². The van der Waals surface area contributed by atoms with Gasteiger partial charge in [0.15, 0.2) is 0 Å². The molecule has 0 N–H and O–H groups in total. The Kier molecular flexibility index (Phi) is 3.76. The second-order valence-electron chi connectivity index (χ2n) is 4.31. The highest BCUT2D eigenvalue weighted by Crippen LogP contribution is 2.22. The van der Waals surface area contributed by atoms with E-state index in [4.69, 9.17) is 4.74 Å². The molecule has 19 heavy (non-hydrogen) atoms. The van der Waals surface area contributed by atoms with Crippen LogP contribution in [-0.2, 0) is 4.79 Å². The summed E-state index contributed by atoms with van der Waals surface area (Å²) in [5.74, 6) is -1.04. The minimum atomic E-state index is -0.858. The van der Waals surface area contributed by atoms with Crippen molar-refractivity contribution < 1.29 is 14.3 Å². The Balaban J connectivity index is 2.21. The topological polar surface area (TPSA) is 43.4 Å². The minimum absolute atomic E-state index is 0.332. The number of carbonyl (C=O) groups is 2. The Morgan fingerprint density at radius 3 is 2.00 bits per heavy atom. The molecule has 0 aromatic heterocycles. The molecule has 0 unspecified atom stereocenters. The number of benzene rings is 2. The SMILES string of the molecule is Cc1cccc(C)c1OC(=O)C(=O)c1ccccc1. The van der Waals surface area contributed by atoms with E-state index >= 15 is 0 Å². The highest BCUT2D eigenvalue weighted by Gasteiger charge is 2.19. The van der Waals surface area contributed by atoms with Crippen LogP contribution >= 0.6 is 0 Å². The van der Waals surface area contributed by atoms with E-state index in [0.717, 1.165) is 11.1 Å². The maximum absolute atomic E-state index is 11.9. The fourth-order valence-corrected chi connectivity index (χ4v) is 1.81. The molecule has 3 heteroatoms. The van der Waals surface area contributed by atoms with Crippen LogP contribution in [0.25, 0.3) is 0 Å². The quantitative estimate of drug-likeness (QED) is 0.366. The van der Waals surface area contributed by atoms with Crippen LogP contribution in [0.15, 0.2) is 48.5 Å². The number of Topliss-reactive ketones (excluding diaryl/α,β-unsaturated/α-hetero) is 1. The van der Waals surface area contributed by atoms with E-state index in [1.54, 1.807) is 30.3 Å². The van der Waals surface area contributed by atoms with Gasteiger partial charge in [-0.3, -0.25) is 4.79 Å². The Morgan fingerprint density at radius 2 is 1.42 bits per heavy atom. The zero-order valence-corrected chi connectivity index (χ0v) is 10.8. The van der Waals surface area contributed by atoms with E-state index in [0.29, 0.717) is 11.3 Å².